The number of aromatic nitrogens is 1. The number of hydrogen-bond acceptors (Lipinski definition) is 4. The number of hydrogen-bond donors (Lipinski definition) is 3. The van der Waals surface area contributed by atoms with E-state index >= 15 is 0 Å². The van der Waals surface area contributed by atoms with Crippen LogP contribution in [0.15, 0.2) is 23.0 Å². The van der Waals surface area contributed by atoms with Crippen molar-refractivity contribution >= 4 is 11.6 Å². The summed E-state index contributed by atoms with van der Waals surface area (Å²) in [5, 5.41) is 6.21. The minimum absolute atomic E-state index is 0.160. The summed E-state index contributed by atoms with van der Waals surface area (Å²) in [5.74, 6) is 6.75. The Bertz CT molecular complexity index is 1190. The number of H-pyrrole nitrogens is 1. The maximum atomic E-state index is 12.9. The number of anilines is 1. The lowest BCUT2D eigenvalue weighted by molar-refractivity contribution is 0.0950. The fraction of sp³-hybridized carbons (Fsp3) is 0.548. The summed E-state index contributed by atoms with van der Waals surface area (Å²) >= 11 is 0. The number of aryl methyl sites for hydroxylation is 2. The molecule has 2 saturated carbocycles. The van der Waals surface area contributed by atoms with E-state index in [0.29, 0.717) is 17.0 Å². The molecule has 37 heavy (non-hydrogen) atoms. The Kier molecular flexibility index (Phi) is 10.4. The highest BCUT2D eigenvalue weighted by atomic mass is 16.1. The predicted molar refractivity (Wildman–Crippen MR) is 153 cm³/mol. The van der Waals surface area contributed by atoms with Gasteiger partial charge in [0.25, 0.3) is 11.5 Å². The van der Waals surface area contributed by atoms with Gasteiger partial charge in [0.05, 0.1) is 0 Å². The smallest absolute Gasteiger partial charge is 0.253 e. The van der Waals surface area contributed by atoms with Crippen LogP contribution < -0.4 is 16.2 Å². The van der Waals surface area contributed by atoms with Gasteiger partial charge in [-0.05, 0) is 96.8 Å². The summed E-state index contributed by atoms with van der Waals surface area (Å²) in [6, 6.07) is 6.64. The molecule has 3 N–H and O–H groups in total. The molecule has 6 nitrogen and oxygen atoms in total. The van der Waals surface area contributed by atoms with Crippen molar-refractivity contribution in [3.05, 3.63) is 62.1 Å². The van der Waals surface area contributed by atoms with Crippen LogP contribution in [-0.2, 0) is 6.54 Å². The van der Waals surface area contributed by atoms with Gasteiger partial charge in [-0.2, -0.15) is 0 Å². The monoisotopic (exact) mass is 504 g/mol. The highest BCUT2D eigenvalue weighted by Gasteiger charge is 2.19. The average molecular weight is 505 g/mol. The topological polar surface area (TPSA) is 77.2 Å². The number of rotatable bonds is 6. The van der Waals surface area contributed by atoms with Gasteiger partial charge >= 0.3 is 0 Å². The van der Waals surface area contributed by atoms with Crippen molar-refractivity contribution in [2.24, 2.45) is 5.92 Å². The zero-order valence-corrected chi connectivity index (χ0v) is 23.5. The van der Waals surface area contributed by atoms with E-state index in [1.807, 2.05) is 45.9 Å². The van der Waals surface area contributed by atoms with Crippen molar-refractivity contribution < 1.29 is 4.79 Å². The Hall–Kier alpha value is -3.04. The second kappa shape index (κ2) is 13.5. The number of aromatic amines is 1. The Morgan fingerprint density at radius 3 is 2.32 bits per heavy atom. The summed E-state index contributed by atoms with van der Waals surface area (Å²) in [7, 11) is 4.38. The molecular weight excluding hydrogens is 460 g/mol. The van der Waals surface area contributed by atoms with Gasteiger partial charge in [-0.15, -0.1) is 0 Å². The molecule has 4 rings (SSSR count). The van der Waals surface area contributed by atoms with Crippen molar-refractivity contribution in [1.82, 2.24) is 15.2 Å². The van der Waals surface area contributed by atoms with Crippen LogP contribution in [0, 0.1) is 38.5 Å². The lowest BCUT2D eigenvalue weighted by atomic mass is 9.95. The zero-order chi connectivity index (χ0) is 26.9. The molecule has 2 aliphatic carbocycles. The third-order valence-electron chi connectivity index (χ3n) is 7.24. The Morgan fingerprint density at radius 2 is 1.76 bits per heavy atom. The molecule has 0 atom stereocenters. The molecule has 1 aromatic carbocycles. The van der Waals surface area contributed by atoms with E-state index in [2.05, 4.69) is 46.5 Å². The van der Waals surface area contributed by atoms with E-state index in [1.54, 1.807) is 0 Å². The zero-order valence-electron chi connectivity index (χ0n) is 23.5. The summed E-state index contributed by atoms with van der Waals surface area (Å²) in [4.78, 5) is 30.2. The van der Waals surface area contributed by atoms with Gasteiger partial charge in [0.15, 0.2) is 0 Å². The molecule has 0 aliphatic heterocycles. The van der Waals surface area contributed by atoms with Crippen LogP contribution in [0.25, 0.3) is 0 Å². The van der Waals surface area contributed by atoms with Crippen molar-refractivity contribution in [3.63, 3.8) is 0 Å². The molecule has 0 bridgehead atoms. The Balaban J connectivity index is 0.000000356. The molecule has 200 valence electrons. The van der Waals surface area contributed by atoms with Gasteiger partial charge in [0.2, 0.25) is 0 Å². The average Bonchev–Trinajstić information content (AvgIpc) is 3.69. The van der Waals surface area contributed by atoms with Gasteiger partial charge in [0, 0.05) is 53.1 Å². The number of pyridine rings is 1. The molecule has 2 aliphatic rings. The SMILES string of the molecule is CCNc1cc(C#CC2CC2)cc(C(=O)NCc2c(C)cc(C)[nH]c2=O)c1C.CN(C)C1CCCCC1. The van der Waals surface area contributed by atoms with Gasteiger partial charge in [-0.1, -0.05) is 31.1 Å². The molecule has 1 aromatic heterocycles. The first-order valence-electron chi connectivity index (χ1n) is 13.7. The van der Waals surface area contributed by atoms with Gasteiger partial charge < -0.3 is 20.5 Å². The fourth-order valence-corrected chi connectivity index (χ4v) is 4.77. The molecule has 0 spiro atoms. The highest BCUT2D eigenvalue weighted by molar-refractivity contribution is 5.97. The second-order valence-corrected chi connectivity index (χ2v) is 10.7. The van der Waals surface area contributed by atoms with E-state index in [4.69, 9.17) is 0 Å². The first-order chi connectivity index (χ1) is 17.7. The second-order valence-electron chi connectivity index (χ2n) is 10.7. The van der Waals surface area contributed by atoms with Gasteiger partial charge in [-0.3, -0.25) is 9.59 Å². The van der Waals surface area contributed by atoms with E-state index in [-0.39, 0.29) is 18.0 Å². The molecule has 0 unspecified atom stereocenters. The van der Waals surface area contributed by atoms with Crippen molar-refractivity contribution in [3.8, 4) is 11.8 Å². The van der Waals surface area contributed by atoms with Crippen LogP contribution in [0.5, 0.6) is 0 Å². The quantitative estimate of drug-likeness (QED) is 0.466. The number of nitrogens with zero attached hydrogens (tertiary/aromatic N) is 1. The maximum Gasteiger partial charge on any atom is 0.253 e. The largest absolute Gasteiger partial charge is 0.385 e. The van der Waals surface area contributed by atoms with E-state index in [9.17, 15) is 9.59 Å². The minimum Gasteiger partial charge on any atom is -0.385 e. The third-order valence-corrected chi connectivity index (χ3v) is 7.24. The van der Waals surface area contributed by atoms with E-state index in [0.717, 1.165) is 53.5 Å². The molecule has 1 heterocycles. The number of carbonyl (C=O) groups is 1. The van der Waals surface area contributed by atoms with Crippen LogP contribution in [0.4, 0.5) is 5.69 Å². The number of carbonyl (C=O) groups excluding carboxylic acids is 1. The van der Waals surface area contributed by atoms with Crippen LogP contribution in [0.2, 0.25) is 0 Å². The Morgan fingerprint density at radius 1 is 1.05 bits per heavy atom. The van der Waals surface area contributed by atoms with Crippen molar-refractivity contribution in [2.75, 3.05) is 26.0 Å². The number of amides is 1. The summed E-state index contributed by atoms with van der Waals surface area (Å²) in [5.41, 5.74) is 5.31. The first kappa shape index (κ1) is 28.5. The van der Waals surface area contributed by atoms with Crippen molar-refractivity contribution in [1.29, 1.82) is 0 Å². The molecule has 1 amide bonds. The van der Waals surface area contributed by atoms with Crippen LogP contribution in [-0.4, -0.2) is 42.5 Å². The Labute approximate surface area is 222 Å². The van der Waals surface area contributed by atoms with E-state index < -0.39 is 0 Å². The first-order valence-corrected chi connectivity index (χ1v) is 13.7. The lowest BCUT2D eigenvalue weighted by Crippen LogP contribution is -2.29. The standard InChI is InChI=1S/C23H27N3O2.C8H17N/c1-5-24-21-12-18(9-8-17-6-7-17)11-19(16(21)4)22(27)25-13-20-14(2)10-15(3)26-23(20)28;1-9(2)8-6-4-3-5-7-8/h10-12,17,24H,5-7,13H2,1-4H3,(H,25,27)(H,26,28);8H,3-7H2,1-2H3. The molecule has 0 radical (unpaired) electrons. The fourth-order valence-electron chi connectivity index (χ4n) is 4.77. The highest BCUT2D eigenvalue weighted by Crippen LogP contribution is 2.28. The number of nitrogens with one attached hydrogen (secondary N) is 3. The summed E-state index contributed by atoms with van der Waals surface area (Å²) < 4.78 is 0. The van der Waals surface area contributed by atoms with Gasteiger partial charge in [-0.25, -0.2) is 0 Å². The lowest BCUT2D eigenvalue weighted by Gasteiger charge is -2.27. The van der Waals surface area contributed by atoms with Crippen LogP contribution in [0.3, 0.4) is 0 Å². The molecule has 6 heteroatoms. The van der Waals surface area contributed by atoms with Crippen LogP contribution in [0.1, 0.15) is 90.2 Å². The third kappa shape index (κ3) is 8.50. The van der Waals surface area contributed by atoms with Crippen LogP contribution >= 0.6 is 0 Å². The maximum absolute atomic E-state index is 12.9. The predicted octanol–water partition coefficient (Wildman–Crippen LogP) is 5.30. The summed E-state index contributed by atoms with van der Waals surface area (Å²) in [6.45, 7) is 8.62. The van der Waals surface area contributed by atoms with Crippen molar-refractivity contribution in [2.45, 2.75) is 85.2 Å². The van der Waals surface area contributed by atoms with E-state index in [1.165, 1.54) is 32.1 Å². The molecule has 2 aromatic rings. The van der Waals surface area contributed by atoms with Gasteiger partial charge in [0.1, 0.15) is 0 Å². The minimum atomic E-state index is -0.203. The molecular formula is C31H44N4O2. The number of benzene rings is 1. The molecule has 0 saturated heterocycles. The summed E-state index contributed by atoms with van der Waals surface area (Å²) in [6.07, 6.45) is 9.53. The normalized spacial score (nSPS) is 15.3. The molecule has 2 fully saturated rings.